The van der Waals surface area contributed by atoms with E-state index in [9.17, 15) is 30.6 Å². The van der Waals surface area contributed by atoms with E-state index in [1.165, 1.54) is 12.5 Å². The Hall–Kier alpha value is -0.960. The first kappa shape index (κ1) is 18.8. The molecule has 0 amide bonds. The van der Waals surface area contributed by atoms with Crippen LogP contribution in [0.2, 0.25) is 0 Å². The van der Waals surface area contributed by atoms with Crippen molar-refractivity contribution in [1.29, 1.82) is 0 Å². The van der Waals surface area contributed by atoms with E-state index in [0.717, 1.165) is 31.3 Å². The van der Waals surface area contributed by atoms with Crippen LogP contribution >= 0.6 is 0 Å². The van der Waals surface area contributed by atoms with Crippen LogP contribution in [0.1, 0.15) is 38.5 Å². The van der Waals surface area contributed by atoms with Gasteiger partial charge in [-0.25, -0.2) is 0 Å². The lowest BCUT2D eigenvalue weighted by Gasteiger charge is -2.46. The molecule has 2 unspecified atom stereocenters. The highest BCUT2D eigenvalue weighted by molar-refractivity contribution is 5.34. The second kappa shape index (κ2) is 7.34. The Morgan fingerprint density at radius 3 is 2.32 bits per heavy atom. The van der Waals surface area contributed by atoms with E-state index >= 15 is 0 Å². The fourth-order valence-corrected chi connectivity index (χ4v) is 4.26. The van der Waals surface area contributed by atoms with Crippen molar-refractivity contribution in [2.24, 2.45) is 5.92 Å². The molecule has 0 spiro atoms. The zero-order chi connectivity index (χ0) is 18.2. The zero-order valence-electron chi connectivity index (χ0n) is 14.2. The van der Waals surface area contributed by atoms with Gasteiger partial charge in [0.2, 0.25) is 0 Å². The first-order valence-corrected chi connectivity index (χ1v) is 9.01. The van der Waals surface area contributed by atoms with E-state index in [-0.39, 0.29) is 18.1 Å². The summed E-state index contributed by atoms with van der Waals surface area (Å²) in [6.07, 6.45) is 1.52. The SMILES string of the molecule is OC[C@H]1OC(C2(O)C=CC(C3CCCCC3)=C(O)C2)[C@H](O)[C@@H](O)[C@@H]1O. The Labute approximate surface area is 146 Å². The third-order valence-corrected chi connectivity index (χ3v) is 5.77. The maximum Gasteiger partial charge on any atom is 0.119 e. The van der Waals surface area contributed by atoms with Gasteiger partial charge in [0, 0.05) is 6.42 Å². The van der Waals surface area contributed by atoms with Crippen LogP contribution in [0.25, 0.3) is 0 Å². The molecule has 1 aliphatic heterocycles. The molecular formula is C18H28O7. The second-order valence-corrected chi connectivity index (χ2v) is 7.49. The molecule has 142 valence electrons. The van der Waals surface area contributed by atoms with E-state index < -0.39 is 42.7 Å². The first-order chi connectivity index (χ1) is 11.9. The third-order valence-electron chi connectivity index (χ3n) is 5.77. The van der Waals surface area contributed by atoms with Crippen LogP contribution in [-0.2, 0) is 4.74 Å². The molecule has 7 nitrogen and oxygen atoms in total. The number of allylic oxidation sites excluding steroid dienone is 2. The van der Waals surface area contributed by atoms with Crippen molar-refractivity contribution in [3.63, 3.8) is 0 Å². The van der Waals surface area contributed by atoms with Crippen molar-refractivity contribution in [2.45, 2.75) is 74.6 Å². The molecule has 2 aliphatic carbocycles. The molecule has 0 aromatic heterocycles. The largest absolute Gasteiger partial charge is 0.512 e. The van der Waals surface area contributed by atoms with E-state index in [1.54, 1.807) is 6.08 Å². The Balaban J connectivity index is 1.79. The topological polar surface area (TPSA) is 131 Å². The first-order valence-electron chi connectivity index (χ1n) is 9.01. The van der Waals surface area contributed by atoms with Crippen LogP contribution in [0.15, 0.2) is 23.5 Å². The molecule has 1 saturated heterocycles. The minimum atomic E-state index is -1.73. The summed E-state index contributed by atoms with van der Waals surface area (Å²) in [7, 11) is 0. The minimum absolute atomic E-state index is 0.0638. The van der Waals surface area contributed by atoms with Gasteiger partial charge in [0.15, 0.2) is 0 Å². The molecule has 1 heterocycles. The highest BCUT2D eigenvalue weighted by atomic mass is 16.6. The maximum absolute atomic E-state index is 10.9. The summed E-state index contributed by atoms with van der Waals surface area (Å²) < 4.78 is 5.46. The van der Waals surface area contributed by atoms with Crippen LogP contribution in [0.4, 0.5) is 0 Å². The molecule has 0 bridgehead atoms. The van der Waals surface area contributed by atoms with Crippen LogP contribution in [-0.4, -0.2) is 73.4 Å². The van der Waals surface area contributed by atoms with Gasteiger partial charge in [-0.1, -0.05) is 25.3 Å². The number of ether oxygens (including phenoxy) is 1. The Morgan fingerprint density at radius 2 is 1.72 bits per heavy atom. The van der Waals surface area contributed by atoms with Gasteiger partial charge < -0.3 is 35.4 Å². The lowest BCUT2D eigenvalue weighted by molar-refractivity contribution is -0.262. The van der Waals surface area contributed by atoms with Crippen LogP contribution in [0.3, 0.4) is 0 Å². The molecule has 3 aliphatic rings. The van der Waals surface area contributed by atoms with Crippen LogP contribution in [0, 0.1) is 5.92 Å². The number of hydrogen-bond donors (Lipinski definition) is 6. The number of hydrogen-bond acceptors (Lipinski definition) is 7. The number of aliphatic hydroxyl groups excluding tert-OH is 5. The number of aliphatic hydroxyl groups is 6. The maximum atomic E-state index is 10.9. The van der Waals surface area contributed by atoms with Gasteiger partial charge in [0.1, 0.15) is 36.1 Å². The monoisotopic (exact) mass is 356 g/mol. The summed E-state index contributed by atoms with van der Waals surface area (Å²) in [5.74, 6) is 0.332. The summed E-state index contributed by atoms with van der Waals surface area (Å²) in [5.41, 5.74) is -0.912. The average Bonchev–Trinajstić information content (AvgIpc) is 2.60. The van der Waals surface area contributed by atoms with Crippen molar-refractivity contribution in [2.75, 3.05) is 6.61 Å². The van der Waals surface area contributed by atoms with Crippen molar-refractivity contribution < 1.29 is 35.4 Å². The molecule has 7 heteroatoms. The Morgan fingerprint density at radius 1 is 1.04 bits per heavy atom. The summed E-state index contributed by atoms with van der Waals surface area (Å²) in [6.45, 7) is -0.559. The van der Waals surface area contributed by atoms with Gasteiger partial charge in [-0.05, 0) is 30.4 Å². The quantitative estimate of drug-likeness (QED) is 0.417. The van der Waals surface area contributed by atoms with Crippen molar-refractivity contribution in [3.05, 3.63) is 23.5 Å². The van der Waals surface area contributed by atoms with E-state index in [2.05, 4.69) is 0 Å². The minimum Gasteiger partial charge on any atom is -0.512 e. The molecule has 2 fully saturated rings. The molecule has 1 saturated carbocycles. The molecule has 6 atom stereocenters. The average molecular weight is 356 g/mol. The van der Waals surface area contributed by atoms with Gasteiger partial charge in [-0.2, -0.15) is 0 Å². The van der Waals surface area contributed by atoms with Gasteiger partial charge >= 0.3 is 0 Å². The molecule has 6 N–H and O–H groups in total. The second-order valence-electron chi connectivity index (χ2n) is 7.49. The molecule has 25 heavy (non-hydrogen) atoms. The van der Waals surface area contributed by atoms with E-state index in [0.29, 0.717) is 0 Å². The van der Waals surface area contributed by atoms with Crippen molar-refractivity contribution in [3.8, 4) is 0 Å². The molecule has 3 rings (SSSR count). The highest BCUT2D eigenvalue weighted by Crippen LogP contribution is 2.40. The van der Waals surface area contributed by atoms with Gasteiger partial charge in [-0.15, -0.1) is 0 Å². The summed E-state index contributed by atoms with van der Waals surface area (Å²) in [6, 6.07) is 0. The Bertz CT molecular complexity index is 538. The third kappa shape index (κ3) is 3.49. The summed E-state index contributed by atoms with van der Waals surface area (Å²) >= 11 is 0. The van der Waals surface area contributed by atoms with Crippen LogP contribution in [0.5, 0.6) is 0 Å². The molecule has 0 aromatic carbocycles. The fourth-order valence-electron chi connectivity index (χ4n) is 4.26. The summed E-state index contributed by atoms with van der Waals surface area (Å²) in [4.78, 5) is 0. The van der Waals surface area contributed by atoms with Crippen molar-refractivity contribution in [1.82, 2.24) is 0 Å². The van der Waals surface area contributed by atoms with E-state index in [4.69, 9.17) is 4.74 Å². The van der Waals surface area contributed by atoms with Gasteiger partial charge in [-0.3, -0.25) is 0 Å². The van der Waals surface area contributed by atoms with E-state index in [1.807, 2.05) is 0 Å². The lowest BCUT2D eigenvalue weighted by Crippen LogP contribution is -2.65. The smallest absolute Gasteiger partial charge is 0.119 e. The van der Waals surface area contributed by atoms with Crippen molar-refractivity contribution >= 4 is 0 Å². The predicted octanol–water partition coefficient (Wildman–Crippen LogP) is -0.0878. The fraction of sp³-hybridized carbons (Fsp3) is 0.778. The molecule has 0 radical (unpaired) electrons. The highest BCUT2D eigenvalue weighted by Gasteiger charge is 2.52. The Kier molecular flexibility index (Phi) is 5.53. The molecular weight excluding hydrogens is 328 g/mol. The lowest BCUT2D eigenvalue weighted by atomic mass is 9.75. The standard InChI is InChI=1S/C18H28O7/c19-9-13-14(21)15(22)16(23)17(25-13)18(24)7-6-11(12(20)8-18)10-4-2-1-3-5-10/h6-7,10,13-17,19-24H,1-5,8-9H2/t13-,14-,15+,16-,17?,18?/m1/s1. The predicted molar refractivity (Wildman–Crippen MR) is 88.7 cm³/mol. The number of rotatable bonds is 3. The summed E-state index contributed by atoms with van der Waals surface area (Å²) in [5, 5.41) is 60.7. The van der Waals surface area contributed by atoms with Gasteiger partial charge in [0.05, 0.1) is 12.4 Å². The molecule has 0 aromatic rings. The normalized spacial score (nSPS) is 43.5. The van der Waals surface area contributed by atoms with Gasteiger partial charge in [0.25, 0.3) is 0 Å². The van der Waals surface area contributed by atoms with Crippen LogP contribution < -0.4 is 0 Å². The zero-order valence-corrected chi connectivity index (χ0v) is 14.2.